The van der Waals surface area contributed by atoms with Gasteiger partial charge in [-0.3, -0.25) is 0 Å². The van der Waals surface area contributed by atoms with Crippen molar-refractivity contribution in [2.75, 3.05) is 0 Å². The fraction of sp³-hybridized carbons (Fsp3) is 0. The van der Waals surface area contributed by atoms with E-state index in [1.807, 2.05) is 0 Å². The van der Waals surface area contributed by atoms with Gasteiger partial charge in [0, 0.05) is 0 Å². The molecule has 0 aromatic rings. The molecule has 0 fully saturated rings. The standard InChI is InChI=1S/Al.34H2O.3H/h;34*1H2;;;. The zero-order chi connectivity index (χ0) is 0. The van der Waals surface area contributed by atoms with Crippen LogP contribution in [-0.2, 0) is 0 Å². The number of hydrogen-bond acceptors (Lipinski definition) is 0. The van der Waals surface area contributed by atoms with E-state index < -0.39 is 0 Å². The average molecular weight is 643 g/mol. The molecule has 0 aromatic heterocycles. The third-order valence-electron chi connectivity index (χ3n) is 0. The minimum Gasteiger partial charge on any atom is -0.412 e. The summed E-state index contributed by atoms with van der Waals surface area (Å²) in [4.78, 5) is 0. The molecule has 34 nitrogen and oxygen atoms in total. The molecule has 35 heavy (non-hydrogen) atoms. The zero-order valence-corrected chi connectivity index (χ0v) is 17.0. The highest BCUT2D eigenvalue weighted by molar-refractivity contribution is 5.75. The Morgan fingerprint density at radius 1 is 0.0571 bits per heavy atom. The highest BCUT2D eigenvalue weighted by atomic mass is 27.0. The molecule has 0 heterocycles. The Balaban J connectivity index is 0. The molecule has 68 N–H and O–H groups in total. The van der Waals surface area contributed by atoms with Crippen molar-refractivity contribution in [2.45, 2.75) is 0 Å². The van der Waals surface area contributed by atoms with Crippen LogP contribution >= 0.6 is 0 Å². The lowest BCUT2D eigenvalue weighted by Gasteiger charge is -0.413. The highest BCUT2D eigenvalue weighted by Crippen LogP contribution is -0.256. The topological polar surface area (TPSA) is 1070 Å². The molecule has 0 spiro atoms. The predicted octanol–water partition coefficient (Wildman–Crippen LogP) is -29.2. The Bertz CT molecular complexity index is 6.55. The van der Waals surface area contributed by atoms with Crippen LogP contribution < -0.4 is 0 Å². The van der Waals surface area contributed by atoms with Crippen LogP contribution in [0.15, 0.2) is 0 Å². The molecule has 0 saturated carbocycles. The average Bonchev–Trinajstić information content (AvgIpc) is 0. The molecular formula is H71AlO34. The van der Waals surface area contributed by atoms with E-state index >= 15 is 0 Å². The van der Waals surface area contributed by atoms with Gasteiger partial charge in [0.05, 0.1) is 0 Å². The molecule has 278 valence electrons. The van der Waals surface area contributed by atoms with E-state index in [0.717, 1.165) is 0 Å². The van der Waals surface area contributed by atoms with Gasteiger partial charge in [0.2, 0.25) is 0 Å². The highest BCUT2D eigenvalue weighted by Gasteiger charge is 0.187. The first-order chi connectivity index (χ1) is 0. The lowest BCUT2D eigenvalue weighted by Crippen LogP contribution is -0.381. The van der Waals surface area contributed by atoms with Crippen molar-refractivity contribution in [3.05, 3.63) is 0 Å². The van der Waals surface area contributed by atoms with E-state index in [0.29, 0.717) is 0 Å². The van der Waals surface area contributed by atoms with Crippen molar-refractivity contribution in [2.24, 2.45) is 0 Å². The largest absolute Gasteiger partial charge is 0.412 e. The molecule has 0 unspecified atom stereocenters. The fourth-order valence-corrected chi connectivity index (χ4v) is 0. The van der Waals surface area contributed by atoms with Gasteiger partial charge in [-0.1, -0.05) is 0 Å². The van der Waals surface area contributed by atoms with Crippen LogP contribution in [0.5, 0.6) is 0 Å². The Morgan fingerprint density at radius 3 is 0.0571 bits per heavy atom. The first-order valence-electron chi connectivity index (χ1n) is 0. The second-order valence-electron chi connectivity index (χ2n) is 0. The maximum Gasteiger partial charge on any atom is 0.187 e. The van der Waals surface area contributed by atoms with Gasteiger partial charge in [-0.25, -0.2) is 0 Å². The lowest BCUT2D eigenvalue weighted by atomic mass is 16.0. The summed E-state index contributed by atoms with van der Waals surface area (Å²) in [7, 11) is 0. The van der Waals surface area contributed by atoms with Crippen molar-refractivity contribution in [1.82, 2.24) is 0 Å². The molecule has 0 aromatic carbocycles. The van der Waals surface area contributed by atoms with Crippen LogP contribution in [0.1, 0.15) is 0 Å². The summed E-state index contributed by atoms with van der Waals surface area (Å²) < 4.78 is 0. The summed E-state index contributed by atoms with van der Waals surface area (Å²) in [5.41, 5.74) is 0. The first kappa shape index (κ1) is 54900. The van der Waals surface area contributed by atoms with E-state index in [9.17, 15) is 0 Å². The van der Waals surface area contributed by atoms with Gasteiger partial charge < -0.3 is 186 Å². The van der Waals surface area contributed by atoms with Crippen LogP contribution in [0.4, 0.5) is 0 Å². The number of hydrogen-bond donors (Lipinski definition) is 0. The van der Waals surface area contributed by atoms with E-state index in [4.69, 9.17) is 0 Å². The molecule has 0 saturated heterocycles. The summed E-state index contributed by atoms with van der Waals surface area (Å²) in [5, 5.41) is 0. The van der Waals surface area contributed by atoms with Crippen molar-refractivity contribution in [3.63, 3.8) is 0 Å². The molecule has 0 aliphatic heterocycles. The second-order valence-corrected chi connectivity index (χ2v) is 0. The smallest absolute Gasteiger partial charge is 0.187 e. The minimum atomic E-state index is 0. The van der Waals surface area contributed by atoms with Crippen molar-refractivity contribution >= 4 is 17.4 Å². The second kappa shape index (κ2) is 50100. The summed E-state index contributed by atoms with van der Waals surface area (Å²) >= 11 is 0. The van der Waals surface area contributed by atoms with E-state index in [2.05, 4.69) is 0 Å². The van der Waals surface area contributed by atoms with Crippen LogP contribution in [0.2, 0.25) is 0 Å². The molecule has 0 aliphatic carbocycles. The monoisotopic (exact) mass is 642 g/mol. The van der Waals surface area contributed by atoms with Crippen molar-refractivity contribution in [3.8, 4) is 0 Å². The summed E-state index contributed by atoms with van der Waals surface area (Å²) in [6.45, 7) is 0. The van der Waals surface area contributed by atoms with Gasteiger partial charge in [0.15, 0.2) is 17.4 Å². The van der Waals surface area contributed by atoms with Gasteiger partial charge in [0.25, 0.3) is 0 Å². The fourth-order valence-electron chi connectivity index (χ4n) is 0. The first-order valence-corrected chi connectivity index (χ1v) is 0. The Kier molecular flexibility index (Phi) is 78700000. The Labute approximate surface area is 205 Å². The van der Waals surface area contributed by atoms with Crippen molar-refractivity contribution in [1.29, 1.82) is 0 Å². The maximum absolute atomic E-state index is 0. The SMILES string of the molecule is O.O.O.O.O.O.O.O.O.O.O.O.O.O.O.O.O.O.O.O.O.O.O.O.O.O.O.O.O.O.O.O.O.O.[AlH3]. The lowest BCUT2D eigenvalue weighted by molar-refractivity contribution is 0.823. The quantitative estimate of drug-likeness (QED) is 0.222. The Hall–Kier alpha value is -0.828. The van der Waals surface area contributed by atoms with Crippen molar-refractivity contribution < 1.29 is 186 Å². The Morgan fingerprint density at radius 2 is 0.0571 bits per heavy atom. The molecule has 0 atom stereocenters. The maximum atomic E-state index is 0. The molecule has 0 bridgehead atoms. The third kappa shape index (κ3) is 47100. The zero-order valence-electron chi connectivity index (χ0n) is 17.0. The minimum absolute atomic E-state index is 0. The predicted molar refractivity (Wildman–Crippen MR) is 133 cm³/mol. The molecule has 35 heteroatoms. The van der Waals surface area contributed by atoms with Gasteiger partial charge in [-0.15, -0.1) is 0 Å². The summed E-state index contributed by atoms with van der Waals surface area (Å²) in [5.74, 6) is 0. The van der Waals surface area contributed by atoms with Crippen LogP contribution in [-0.4, -0.2) is 204 Å². The van der Waals surface area contributed by atoms with Crippen LogP contribution in [0, 0.1) is 0 Å². The molecule has 0 rings (SSSR count). The van der Waals surface area contributed by atoms with Gasteiger partial charge in [-0.2, -0.15) is 0 Å². The van der Waals surface area contributed by atoms with Gasteiger partial charge >= 0.3 is 0 Å². The molecule has 0 amide bonds. The van der Waals surface area contributed by atoms with E-state index in [-0.39, 0.29) is 204 Å². The van der Waals surface area contributed by atoms with E-state index in [1.165, 1.54) is 0 Å². The van der Waals surface area contributed by atoms with Gasteiger partial charge in [0.1, 0.15) is 0 Å². The summed E-state index contributed by atoms with van der Waals surface area (Å²) in [6, 6.07) is 0. The molecule has 0 radical (unpaired) electrons. The summed E-state index contributed by atoms with van der Waals surface area (Å²) in [6.07, 6.45) is 0. The normalized spacial score (nSPS) is 0. The molecule has 0 aliphatic rings. The van der Waals surface area contributed by atoms with E-state index in [1.54, 1.807) is 0 Å². The number of rotatable bonds is 0. The van der Waals surface area contributed by atoms with Crippen LogP contribution in [0.3, 0.4) is 0 Å². The third-order valence-corrected chi connectivity index (χ3v) is 0. The molecular weight excluding hydrogens is 571 g/mol. The van der Waals surface area contributed by atoms with Gasteiger partial charge in [-0.05, 0) is 0 Å². The van der Waals surface area contributed by atoms with Crippen LogP contribution in [0.25, 0.3) is 0 Å².